The van der Waals surface area contributed by atoms with Gasteiger partial charge in [-0.2, -0.15) is 5.26 Å². The standard InChI is InChI=1S/C9H14N2/c10-7-9(8-3-4-8)5-1-2-6-11-9/h8,11H,1-6H2. The molecule has 1 atom stereocenters. The average molecular weight is 150 g/mol. The van der Waals surface area contributed by atoms with Gasteiger partial charge in [0.2, 0.25) is 0 Å². The fourth-order valence-electron chi connectivity index (χ4n) is 2.04. The summed E-state index contributed by atoms with van der Waals surface area (Å²) >= 11 is 0. The van der Waals surface area contributed by atoms with Gasteiger partial charge in [0, 0.05) is 0 Å². The predicted molar refractivity (Wildman–Crippen MR) is 42.9 cm³/mol. The number of piperidine rings is 1. The van der Waals surface area contributed by atoms with Crippen molar-refractivity contribution in [1.82, 2.24) is 5.32 Å². The molecule has 0 bridgehead atoms. The second-order valence-electron chi connectivity index (χ2n) is 3.74. The number of nitrogens with one attached hydrogen (secondary N) is 1. The van der Waals surface area contributed by atoms with Crippen molar-refractivity contribution in [3.8, 4) is 6.07 Å². The van der Waals surface area contributed by atoms with E-state index in [2.05, 4.69) is 11.4 Å². The molecule has 60 valence electrons. The van der Waals surface area contributed by atoms with Crippen molar-refractivity contribution in [2.24, 2.45) is 5.92 Å². The first-order valence-corrected chi connectivity index (χ1v) is 4.54. The number of hydrogen-bond donors (Lipinski definition) is 1. The SMILES string of the molecule is N#CC1(C2CC2)CCCCN1. The predicted octanol–water partition coefficient (Wildman–Crippen LogP) is 1.43. The molecule has 2 aliphatic rings. The molecule has 1 saturated carbocycles. The van der Waals surface area contributed by atoms with E-state index in [4.69, 9.17) is 5.26 Å². The number of rotatable bonds is 1. The van der Waals surface area contributed by atoms with Crippen molar-refractivity contribution in [3.63, 3.8) is 0 Å². The van der Waals surface area contributed by atoms with Gasteiger partial charge >= 0.3 is 0 Å². The van der Waals surface area contributed by atoms with Crippen LogP contribution in [0.5, 0.6) is 0 Å². The maximum Gasteiger partial charge on any atom is 0.109 e. The molecule has 2 rings (SSSR count). The molecule has 1 aliphatic heterocycles. The summed E-state index contributed by atoms with van der Waals surface area (Å²) < 4.78 is 0. The Hall–Kier alpha value is -0.550. The lowest BCUT2D eigenvalue weighted by atomic mass is 9.86. The van der Waals surface area contributed by atoms with Crippen LogP contribution in [0.25, 0.3) is 0 Å². The molecule has 0 amide bonds. The first-order chi connectivity index (χ1) is 5.37. The summed E-state index contributed by atoms with van der Waals surface area (Å²) in [7, 11) is 0. The van der Waals surface area contributed by atoms with E-state index in [0.717, 1.165) is 13.0 Å². The maximum atomic E-state index is 9.04. The summed E-state index contributed by atoms with van der Waals surface area (Å²) in [6.45, 7) is 1.05. The van der Waals surface area contributed by atoms with Gasteiger partial charge in [-0.1, -0.05) is 0 Å². The second kappa shape index (κ2) is 2.49. The zero-order valence-electron chi connectivity index (χ0n) is 6.77. The van der Waals surface area contributed by atoms with Gasteiger partial charge in [0.25, 0.3) is 0 Å². The Morgan fingerprint density at radius 2 is 2.18 bits per heavy atom. The third-order valence-electron chi connectivity index (χ3n) is 2.91. The minimum Gasteiger partial charge on any atom is -0.299 e. The summed E-state index contributed by atoms with van der Waals surface area (Å²) in [6.07, 6.45) is 6.09. The van der Waals surface area contributed by atoms with Crippen LogP contribution >= 0.6 is 0 Å². The molecule has 0 radical (unpaired) electrons. The van der Waals surface area contributed by atoms with Crippen molar-refractivity contribution in [1.29, 1.82) is 5.26 Å². The minimum atomic E-state index is -0.113. The second-order valence-corrected chi connectivity index (χ2v) is 3.74. The van der Waals surface area contributed by atoms with E-state index in [9.17, 15) is 0 Å². The molecule has 11 heavy (non-hydrogen) atoms. The molecule has 0 aromatic carbocycles. The molecular weight excluding hydrogens is 136 g/mol. The summed E-state index contributed by atoms with van der Waals surface area (Å²) in [5, 5.41) is 12.4. The fourth-order valence-corrected chi connectivity index (χ4v) is 2.04. The van der Waals surface area contributed by atoms with Crippen LogP contribution in [0, 0.1) is 17.2 Å². The van der Waals surface area contributed by atoms with Crippen LogP contribution in [0.15, 0.2) is 0 Å². The Morgan fingerprint density at radius 1 is 1.36 bits per heavy atom. The summed E-state index contributed by atoms with van der Waals surface area (Å²) in [6, 6.07) is 2.47. The van der Waals surface area contributed by atoms with Gasteiger partial charge in [0.1, 0.15) is 5.54 Å². The highest BCUT2D eigenvalue weighted by Crippen LogP contribution is 2.43. The van der Waals surface area contributed by atoms with Gasteiger partial charge in [-0.15, -0.1) is 0 Å². The quantitative estimate of drug-likeness (QED) is 0.613. The highest BCUT2D eigenvalue weighted by atomic mass is 15.0. The van der Waals surface area contributed by atoms with Crippen molar-refractivity contribution in [2.45, 2.75) is 37.6 Å². The van der Waals surface area contributed by atoms with Crippen LogP contribution in [0.4, 0.5) is 0 Å². The topological polar surface area (TPSA) is 35.8 Å². The van der Waals surface area contributed by atoms with E-state index in [1.807, 2.05) is 0 Å². The third kappa shape index (κ3) is 1.14. The van der Waals surface area contributed by atoms with Gasteiger partial charge in [0.15, 0.2) is 0 Å². The fraction of sp³-hybridized carbons (Fsp3) is 0.889. The highest BCUT2D eigenvalue weighted by molar-refractivity contribution is 5.15. The largest absolute Gasteiger partial charge is 0.299 e. The lowest BCUT2D eigenvalue weighted by molar-refractivity contribution is 0.289. The lowest BCUT2D eigenvalue weighted by Crippen LogP contribution is -2.49. The molecule has 2 fully saturated rings. The lowest BCUT2D eigenvalue weighted by Gasteiger charge is -2.32. The average Bonchev–Trinajstić information content (AvgIpc) is 2.88. The van der Waals surface area contributed by atoms with E-state index < -0.39 is 0 Å². The summed E-state index contributed by atoms with van der Waals surface area (Å²) in [5.74, 6) is 0.674. The van der Waals surface area contributed by atoms with Crippen LogP contribution in [-0.2, 0) is 0 Å². The molecular formula is C9H14N2. The molecule has 1 unspecified atom stereocenters. The summed E-state index contributed by atoms with van der Waals surface area (Å²) in [4.78, 5) is 0. The normalized spacial score (nSPS) is 38.1. The van der Waals surface area contributed by atoms with Crippen molar-refractivity contribution in [3.05, 3.63) is 0 Å². The molecule has 0 aromatic rings. The van der Waals surface area contributed by atoms with E-state index in [-0.39, 0.29) is 5.54 Å². The minimum absolute atomic E-state index is 0.113. The number of hydrogen-bond acceptors (Lipinski definition) is 2. The Kier molecular flexibility index (Phi) is 1.61. The van der Waals surface area contributed by atoms with Crippen LogP contribution < -0.4 is 5.32 Å². The smallest absolute Gasteiger partial charge is 0.109 e. The monoisotopic (exact) mass is 150 g/mol. The van der Waals surface area contributed by atoms with Gasteiger partial charge in [-0.3, -0.25) is 5.32 Å². The number of nitrogens with zero attached hydrogens (tertiary/aromatic N) is 1. The summed E-state index contributed by atoms with van der Waals surface area (Å²) in [5.41, 5.74) is -0.113. The van der Waals surface area contributed by atoms with Crippen LogP contribution in [0.3, 0.4) is 0 Å². The first-order valence-electron chi connectivity index (χ1n) is 4.54. The van der Waals surface area contributed by atoms with Crippen LogP contribution in [0.2, 0.25) is 0 Å². The molecule has 1 aliphatic carbocycles. The number of nitriles is 1. The van der Waals surface area contributed by atoms with Crippen molar-refractivity contribution < 1.29 is 0 Å². The highest BCUT2D eigenvalue weighted by Gasteiger charge is 2.45. The Morgan fingerprint density at radius 3 is 2.64 bits per heavy atom. The van der Waals surface area contributed by atoms with Crippen molar-refractivity contribution in [2.75, 3.05) is 6.54 Å². The van der Waals surface area contributed by atoms with E-state index in [1.165, 1.54) is 25.7 Å². The molecule has 2 heteroatoms. The Balaban J connectivity index is 2.08. The molecule has 0 spiro atoms. The molecule has 1 heterocycles. The molecule has 2 nitrogen and oxygen atoms in total. The van der Waals surface area contributed by atoms with E-state index in [1.54, 1.807) is 0 Å². The van der Waals surface area contributed by atoms with E-state index in [0.29, 0.717) is 5.92 Å². The molecule has 0 aromatic heterocycles. The van der Waals surface area contributed by atoms with Gasteiger partial charge in [0.05, 0.1) is 6.07 Å². The first kappa shape index (κ1) is 7.12. The van der Waals surface area contributed by atoms with Gasteiger partial charge in [-0.25, -0.2) is 0 Å². The third-order valence-corrected chi connectivity index (χ3v) is 2.91. The van der Waals surface area contributed by atoms with Crippen LogP contribution in [0.1, 0.15) is 32.1 Å². The Labute approximate surface area is 67.6 Å². The zero-order valence-corrected chi connectivity index (χ0v) is 6.77. The van der Waals surface area contributed by atoms with Crippen molar-refractivity contribution >= 4 is 0 Å². The molecule has 1 N–H and O–H groups in total. The zero-order chi connectivity index (χ0) is 7.73. The van der Waals surface area contributed by atoms with Gasteiger partial charge in [-0.05, 0) is 44.6 Å². The van der Waals surface area contributed by atoms with E-state index >= 15 is 0 Å². The Bertz CT molecular complexity index is 182. The van der Waals surface area contributed by atoms with Gasteiger partial charge < -0.3 is 0 Å². The molecule has 1 saturated heterocycles. The maximum absolute atomic E-state index is 9.04. The van der Waals surface area contributed by atoms with Crippen LogP contribution in [-0.4, -0.2) is 12.1 Å².